The summed E-state index contributed by atoms with van der Waals surface area (Å²) in [6.45, 7) is 1.93. The Bertz CT molecular complexity index is 258. The molecule has 0 aliphatic heterocycles. The van der Waals surface area contributed by atoms with Gasteiger partial charge in [-0.1, -0.05) is 6.92 Å². The van der Waals surface area contributed by atoms with E-state index >= 15 is 0 Å². The van der Waals surface area contributed by atoms with E-state index in [1.807, 2.05) is 6.92 Å². The fourth-order valence-corrected chi connectivity index (χ4v) is 0.748. The molecule has 1 heterocycles. The van der Waals surface area contributed by atoms with Gasteiger partial charge in [0.05, 0.1) is 5.69 Å². The topological polar surface area (TPSA) is 52.3 Å². The summed E-state index contributed by atoms with van der Waals surface area (Å²) in [6.07, 6.45) is 2.21. The Kier molecular flexibility index (Phi) is 2.69. The van der Waals surface area contributed by atoms with E-state index in [0.717, 1.165) is 28.7 Å². The van der Waals surface area contributed by atoms with Crippen molar-refractivity contribution in [1.82, 2.24) is 4.98 Å². The summed E-state index contributed by atoms with van der Waals surface area (Å²) in [6, 6.07) is 0. The lowest BCUT2D eigenvalue weighted by Crippen LogP contribution is -2.02. The zero-order valence-corrected chi connectivity index (χ0v) is 7.58. The molecule has 5 heteroatoms. The summed E-state index contributed by atoms with van der Waals surface area (Å²) in [5.41, 5.74) is 0.758. The number of rotatable bonds is 2. The molecule has 0 aromatic carbocycles. The third-order valence-electron chi connectivity index (χ3n) is 1.22. The third-order valence-corrected chi connectivity index (χ3v) is 1.48. The average Bonchev–Trinajstić information content (AvgIpc) is 2.50. The second kappa shape index (κ2) is 3.56. The molecule has 1 aromatic heterocycles. The lowest BCUT2D eigenvalue weighted by molar-refractivity contribution is 0.0708. The monoisotopic (exact) mass is 168 g/mol. The molecule has 0 fully saturated rings. The molecule has 0 aliphatic carbocycles. The molecule has 0 N–H and O–H groups in total. The average molecular weight is 168 g/mol. The summed E-state index contributed by atoms with van der Waals surface area (Å²) in [4.78, 5) is 14.6. The minimum atomic E-state index is -0.525. The first kappa shape index (κ1) is 8.31. The van der Waals surface area contributed by atoms with Gasteiger partial charge in [0.2, 0.25) is 0 Å². The van der Waals surface area contributed by atoms with Crippen molar-refractivity contribution in [2.75, 3.05) is 0 Å². The summed E-state index contributed by atoms with van der Waals surface area (Å²) >= 11 is 1.11. The van der Waals surface area contributed by atoms with Gasteiger partial charge < -0.3 is 8.21 Å². The second-order valence-corrected chi connectivity index (χ2v) is 2.22. The van der Waals surface area contributed by atoms with E-state index in [9.17, 15) is 4.79 Å². The third kappa shape index (κ3) is 1.82. The summed E-state index contributed by atoms with van der Waals surface area (Å²) in [7, 11) is 0. The van der Waals surface area contributed by atoms with E-state index in [1.165, 1.54) is 6.26 Å². The van der Waals surface area contributed by atoms with E-state index in [4.69, 9.17) is 4.42 Å². The molecule has 1 aromatic rings. The van der Waals surface area contributed by atoms with Gasteiger partial charge in [-0.15, -0.1) is 0 Å². The Morgan fingerprint density at radius 2 is 2.64 bits per heavy atom. The maximum absolute atomic E-state index is 10.8. The normalized spacial score (nSPS) is 9.55. The molecule has 11 heavy (non-hydrogen) atoms. The summed E-state index contributed by atoms with van der Waals surface area (Å²) < 4.78 is 9.25. The highest BCUT2D eigenvalue weighted by atomic mass is 27.1. The quantitative estimate of drug-likeness (QED) is 0.592. The molecular formula is C6H7AlNO3. The lowest BCUT2D eigenvalue weighted by atomic mass is 10.4. The number of aromatic nitrogens is 1. The van der Waals surface area contributed by atoms with Gasteiger partial charge in [-0.3, -0.25) is 0 Å². The lowest BCUT2D eigenvalue weighted by Gasteiger charge is -1.91. The SMILES string of the molecule is CCc1coc(C(=O)[O][AlH])n1. The number of carbonyl (C=O) groups excluding carboxylic acids is 1. The van der Waals surface area contributed by atoms with E-state index in [2.05, 4.69) is 8.77 Å². The van der Waals surface area contributed by atoms with Gasteiger partial charge in [-0.2, -0.15) is 0 Å². The highest BCUT2D eigenvalue weighted by Gasteiger charge is 2.10. The zero-order chi connectivity index (χ0) is 8.27. The first-order valence-electron chi connectivity index (χ1n) is 3.18. The number of hydrogen-bond donors (Lipinski definition) is 0. The van der Waals surface area contributed by atoms with Crippen molar-refractivity contribution in [3.8, 4) is 0 Å². The van der Waals surface area contributed by atoms with Crippen LogP contribution in [0.3, 0.4) is 0 Å². The Morgan fingerprint density at radius 3 is 3.09 bits per heavy atom. The van der Waals surface area contributed by atoms with Gasteiger partial charge in [-0.25, -0.2) is 9.78 Å². The number of aryl methyl sites for hydroxylation is 1. The molecule has 0 bridgehead atoms. The Balaban J connectivity index is 2.80. The fraction of sp³-hybridized carbons (Fsp3) is 0.333. The van der Waals surface area contributed by atoms with E-state index in [0.29, 0.717) is 0 Å². The van der Waals surface area contributed by atoms with Crippen LogP contribution in [0.4, 0.5) is 0 Å². The van der Waals surface area contributed by atoms with Crippen LogP contribution >= 0.6 is 0 Å². The Morgan fingerprint density at radius 1 is 1.91 bits per heavy atom. The predicted octanol–water partition coefficient (Wildman–Crippen LogP) is 0.210. The van der Waals surface area contributed by atoms with Crippen LogP contribution in [0.5, 0.6) is 0 Å². The second-order valence-electron chi connectivity index (χ2n) is 1.93. The minimum Gasteiger partial charge on any atom is -0.618 e. The highest BCUT2D eigenvalue weighted by molar-refractivity contribution is 6.08. The molecule has 0 saturated heterocycles. The van der Waals surface area contributed by atoms with Crippen LogP contribution in [-0.4, -0.2) is 27.6 Å². The van der Waals surface area contributed by atoms with Crippen molar-refractivity contribution in [3.63, 3.8) is 0 Å². The number of oxazole rings is 1. The fourth-order valence-electron chi connectivity index (χ4n) is 0.625. The van der Waals surface area contributed by atoms with Crippen molar-refractivity contribution in [1.29, 1.82) is 0 Å². The molecule has 1 rings (SSSR count). The molecule has 4 nitrogen and oxygen atoms in total. The molecular weight excluding hydrogens is 161 g/mol. The maximum atomic E-state index is 10.8. The first-order valence-corrected chi connectivity index (χ1v) is 3.76. The van der Waals surface area contributed by atoms with E-state index in [-0.39, 0.29) is 5.89 Å². The molecule has 0 unspecified atom stereocenters. The van der Waals surface area contributed by atoms with Crippen LogP contribution in [0.2, 0.25) is 0 Å². The van der Waals surface area contributed by atoms with Gasteiger partial charge >= 0.3 is 28.5 Å². The molecule has 0 atom stereocenters. The van der Waals surface area contributed by atoms with Crippen LogP contribution in [0.1, 0.15) is 23.3 Å². The largest absolute Gasteiger partial charge is 0.618 e. The van der Waals surface area contributed by atoms with E-state index in [1.54, 1.807) is 0 Å². The molecule has 57 valence electrons. The molecule has 0 aliphatic rings. The van der Waals surface area contributed by atoms with Crippen LogP contribution < -0.4 is 0 Å². The molecule has 1 radical (unpaired) electrons. The number of carbonyl (C=O) groups is 1. The predicted molar refractivity (Wildman–Crippen MR) is 38.4 cm³/mol. The summed E-state index contributed by atoms with van der Waals surface area (Å²) in [5, 5.41) is 0. The van der Waals surface area contributed by atoms with Crippen molar-refractivity contribution < 1.29 is 13.0 Å². The van der Waals surface area contributed by atoms with Gasteiger partial charge in [0.25, 0.3) is 0 Å². The molecule has 0 spiro atoms. The Labute approximate surface area is 72.3 Å². The number of nitrogens with zero attached hydrogens (tertiary/aromatic N) is 1. The van der Waals surface area contributed by atoms with Crippen molar-refractivity contribution in [2.45, 2.75) is 13.3 Å². The van der Waals surface area contributed by atoms with Crippen molar-refractivity contribution in [3.05, 3.63) is 17.8 Å². The van der Waals surface area contributed by atoms with Gasteiger partial charge in [0.15, 0.2) is 0 Å². The maximum Gasteiger partial charge on any atom is 0.497 e. The minimum absolute atomic E-state index is 0.0249. The summed E-state index contributed by atoms with van der Waals surface area (Å²) in [5.74, 6) is -0.500. The van der Waals surface area contributed by atoms with Crippen LogP contribution in [-0.2, 0) is 10.2 Å². The van der Waals surface area contributed by atoms with Crippen molar-refractivity contribution >= 4 is 22.6 Å². The van der Waals surface area contributed by atoms with E-state index < -0.39 is 5.97 Å². The smallest absolute Gasteiger partial charge is 0.497 e. The van der Waals surface area contributed by atoms with Gasteiger partial charge in [0, 0.05) is 0 Å². The van der Waals surface area contributed by atoms with Gasteiger partial charge in [0.1, 0.15) is 6.26 Å². The van der Waals surface area contributed by atoms with Gasteiger partial charge in [-0.05, 0) is 6.42 Å². The van der Waals surface area contributed by atoms with Crippen molar-refractivity contribution in [2.24, 2.45) is 0 Å². The Hall–Kier alpha value is -0.788. The van der Waals surface area contributed by atoms with Crippen LogP contribution in [0.25, 0.3) is 0 Å². The first-order chi connectivity index (χ1) is 5.27. The number of hydrogen-bond acceptors (Lipinski definition) is 4. The standard InChI is InChI=1S/C6H7NO3.Al.H/c1-2-4-3-10-5(7-4)6(8)9;;/h3H,2H2,1H3,(H,8,9);;/q;+1;/p-1. The molecule has 0 saturated carbocycles. The van der Waals surface area contributed by atoms with Crippen LogP contribution in [0.15, 0.2) is 10.7 Å². The highest BCUT2D eigenvalue weighted by Crippen LogP contribution is 2.02. The molecule has 0 amide bonds. The van der Waals surface area contributed by atoms with Crippen LogP contribution in [0, 0.1) is 0 Å². The zero-order valence-electron chi connectivity index (χ0n) is 6.16.